The van der Waals surface area contributed by atoms with Gasteiger partial charge in [-0.05, 0) is 97.1 Å². The second-order valence-corrected chi connectivity index (χ2v) is 10.7. The zero-order valence-corrected chi connectivity index (χ0v) is 20.6. The molecule has 0 saturated carbocycles. The summed E-state index contributed by atoms with van der Waals surface area (Å²) in [4.78, 5) is 0. The van der Waals surface area contributed by atoms with E-state index in [9.17, 15) is 0 Å². The van der Waals surface area contributed by atoms with Gasteiger partial charge in [0.1, 0.15) is 11.2 Å². The van der Waals surface area contributed by atoms with E-state index < -0.39 is 0 Å². The molecule has 0 spiro atoms. The Hall–Kier alpha value is -3.11. The predicted octanol–water partition coefficient (Wildman–Crippen LogP) is 9.32. The highest BCUT2D eigenvalue weighted by molar-refractivity contribution is 14.1. The Morgan fingerprint density at radius 3 is 2.21 bits per heavy atom. The van der Waals surface area contributed by atoms with Gasteiger partial charge in [-0.3, -0.25) is 0 Å². The second kappa shape index (κ2) is 6.71. The number of hydrogen-bond acceptors (Lipinski definition) is 1. The van der Waals surface area contributed by atoms with Crippen molar-refractivity contribution in [3.05, 3.63) is 106 Å². The van der Waals surface area contributed by atoms with E-state index >= 15 is 0 Å². The Morgan fingerprint density at radius 2 is 1.36 bits per heavy atom. The lowest BCUT2D eigenvalue weighted by Crippen LogP contribution is -2.14. The first-order chi connectivity index (χ1) is 16.0. The van der Waals surface area contributed by atoms with E-state index in [2.05, 4.69) is 127 Å². The van der Waals surface area contributed by atoms with Crippen molar-refractivity contribution < 1.29 is 4.42 Å². The molecule has 158 valence electrons. The molecule has 1 aliphatic rings. The standard InChI is InChI=1S/C31H21IO/c1-31(2)26-10-6-5-9-22(26)23-12-11-20(15-27(23)31)21-14-25-24-13-18-7-3-4-8-19(18)17-29(24)33-30(25)28(32)16-21/h3-17H,1-2H3. The summed E-state index contributed by atoms with van der Waals surface area (Å²) in [6, 6.07) is 33.2. The van der Waals surface area contributed by atoms with Gasteiger partial charge in [-0.1, -0.05) is 74.5 Å². The topological polar surface area (TPSA) is 13.1 Å². The van der Waals surface area contributed by atoms with E-state index in [0.717, 1.165) is 14.7 Å². The third-order valence-corrected chi connectivity index (χ3v) is 8.11. The Balaban J connectivity index is 1.45. The number of hydrogen-bond donors (Lipinski definition) is 0. The molecule has 1 heterocycles. The minimum atomic E-state index is 0.000442. The van der Waals surface area contributed by atoms with Crippen LogP contribution in [0.4, 0.5) is 0 Å². The highest BCUT2D eigenvalue weighted by Crippen LogP contribution is 2.49. The summed E-state index contributed by atoms with van der Waals surface area (Å²) in [5.74, 6) is 0. The van der Waals surface area contributed by atoms with Crippen LogP contribution in [0.5, 0.6) is 0 Å². The minimum Gasteiger partial charge on any atom is -0.455 e. The highest BCUT2D eigenvalue weighted by Gasteiger charge is 2.35. The lowest BCUT2D eigenvalue weighted by Gasteiger charge is -2.22. The molecule has 0 atom stereocenters. The molecule has 7 rings (SSSR count). The molecule has 33 heavy (non-hydrogen) atoms. The van der Waals surface area contributed by atoms with Crippen molar-refractivity contribution in [2.75, 3.05) is 0 Å². The molecule has 0 radical (unpaired) electrons. The van der Waals surface area contributed by atoms with Crippen LogP contribution in [0, 0.1) is 3.57 Å². The molecule has 0 unspecified atom stereocenters. The monoisotopic (exact) mass is 536 g/mol. The third-order valence-electron chi connectivity index (χ3n) is 7.31. The van der Waals surface area contributed by atoms with Gasteiger partial charge in [-0.2, -0.15) is 0 Å². The molecule has 0 amide bonds. The maximum atomic E-state index is 6.32. The Labute approximate surface area is 206 Å². The van der Waals surface area contributed by atoms with Gasteiger partial charge in [0.15, 0.2) is 0 Å². The molecule has 6 aromatic rings. The molecular formula is C31H21IO. The fourth-order valence-corrected chi connectivity index (χ4v) is 6.31. The van der Waals surface area contributed by atoms with Gasteiger partial charge in [0.2, 0.25) is 0 Å². The Kier molecular flexibility index (Phi) is 3.94. The largest absolute Gasteiger partial charge is 0.455 e. The van der Waals surface area contributed by atoms with Crippen molar-refractivity contribution in [2.24, 2.45) is 0 Å². The molecule has 1 aromatic heterocycles. The Morgan fingerprint density at radius 1 is 0.636 bits per heavy atom. The molecule has 0 N–H and O–H groups in total. The predicted molar refractivity (Wildman–Crippen MR) is 147 cm³/mol. The average molecular weight is 536 g/mol. The van der Waals surface area contributed by atoms with Crippen molar-refractivity contribution in [1.29, 1.82) is 0 Å². The van der Waals surface area contributed by atoms with Crippen LogP contribution in [0.15, 0.2) is 95.4 Å². The Bertz CT molecular complexity index is 1750. The molecule has 5 aromatic carbocycles. The van der Waals surface area contributed by atoms with Crippen molar-refractivity contribution in [1.82, 2.24) is 0 Å². The lowest BCUT2D eigenvalue weighted by atomic mass is 9.81. The van der Waals surface area contributed by atoms with Gasteiger partial charge in [0.25, 0.3) is 0 Å². The van der Waals surface area contributed by atoms with Crippen LogP contribution in [0.1, 0.15) is 25.0 Å². The molecule has 0 fully saturated rings. The molecule has 0 bridgehead atoms. The van der Waals surface area contributed by atoms with Crippen molar-refractivity contribution in [3.8, 4) is 22.3 Å². The smallest absolute Gasteiger partial charge is 0.148 e. The first-order valence-electron chi connectivity index (χ1n) is 11.3. The van der Waals surface area contributed by atoms with E-state index in [1.54, 1.807) is 0 Å². The van der Waals surface area contributed by atoms with Crippen LogP contribution < -0.4 is 0 Å². The summed E-state index contributed by atoms with van der Waals surface area (Å²) in [6.07, 6.45) is 0. The second-order valence-electron chi connectivity index (χ2n) is 9.56. The fourth-order valence-electron chi connectivity index (χ4n) is 5.57. The number of furan rings is 1. The maximum Gasteiger partial charge on any atom is 0.148 e. The van der Waals surface area contributed by atoms with Crippen LogP contribution in [0.25, 0.3) is 55.0 Å². The van der Waals surface area contributed by atoms with Crippen molar-refractivity contribution >= 4 is 55.3 Å². The summed E-state index contributed by atoms with van der Waals surface area (Å²) in [6.45, 7) is 4.67. The van der Waals surface area contributed by atoms with Crippen LogP contribution in [0.2, 0.25) is 0 Å². The van der Waals surface area contributed by atoms with E-state index in [4.69, 9.17) is 4.42 Å². The zero-order chi connectivity index (χ0) is 22.3. The highest BCUT2D eigenvalue weighted by atomic mass is 127. The minimum absolute atomic E-state index is 0.000442. The molecule has 0 saturated heterocycles. The van der Waals surface area contributed by atoms with Crippen LogP contribution in [0.3, 0.4) is 0 Å². The molecule has 0 aliphatic heterocycles. The normalized spacial score (nSPS) is 14.2. The summed E-state index contributed by atoms with van der Waals surface area (Å²) in [7, 11) is 0. The number of fused-ring (bicyclic) bond motifs is 7. The number of halogens is 1. The molecule has 1 nitrogen and oxygen atoms in total. The first-order valence-corrected chi connectivity index (χ1v) is 12.4. The summed E-state index contributed by atoms with van der Waals surface area (Å²) in [5.41, 5.74) is 9.94. The molecule has 1 aliphatic carbocycles. The molecular weight excluding hydrogens is 515 g/mol. The average Bonchev–Trinajstić information content (AvgIpc) is 3.30. The quantitative estimate of drug-likeness (QED) is 0.191. The van der Waals surface area contributed by atoms with Crippen molar-refractivity contribution in [3.63, 3.8) is 0 Å². The number of benzene rings is 5. The van der Waals surface area contributed by atoms with Gasteiger partial charge in [-0.25, -0.2) is 0 Å². The third kappa shape index (κ3) is 2.70. The van der Waals surface area contributed by atoms with Gasteiger partial charge < -0.3 is 4.42 Å². The van der Waals surface area contributed by atoms with Gasteiger partial charge in [0, 0.05) is 16.2 Å². The van der Waals surface area contributed by atoms with E-state index in [-0.39, 0.29) is 5.41 Å². The van der Waals surface area contributed by atoms with Crippen LogP contribution >= 0.6 is 22.6 Å². The summed E-state index contributed by atoms with van der Waals surface area (Å²) in [5, 5.41) is 4.81. The van der Waals surface area contributed by atoms with Crippen molar-refractivity contribution in [2.45, 2.75) is 19.3 Å². The van der Waals surface area contributed by atoms with Gasteiger partial charge in [-0.15, -0.1) is 0 Å². The van der Waals surface area contributed by atoms with Gasteiger partial charge in [0.05, 0.1) is 3.57 Å². The lowest BCUT2D eigenvalue weighted by molar-refractivity contribution is 0.660. The molecule has 2 heteroatoms. The number of rotatable bonds is 1. The summed E-state index contributed by atoms with van der Waals surface area (Å²) < 4.78 is 7.47. The van der Waals surface area contributed by atoms with Crippen LogP contribution in [-0.4, -0.2) is 0 Å². The zero-order valence-electron chi connectivity index (χ0n) is 18.4. The SMILES string of the molecule is CC1(C)c2ccccc2-c2ccc(-c3cc(I)c4oc5cc6ccccc6cc5c4c3)cc21. The fraction of sp³-hybridized carbons (Fsp3) is 0.0968. The maximum absolute atomic E-state index is 6.32. The summed E-state index contributed by atoms with van der Waals surface area (Å²) >= 11 is 2.42. The van der Waals surface area contributed by atoms with Crippen LogP contribution in [-0.2, 0) is 5.41 Å². The first kappa shape index (κ1) is 19.4. The van der Waals surface area contributed by atoms with E-state index in [1.807, 2.05) is 0 Å². The van der Waals surface area contributed by atoms with E-state index in [1.165, 1.54) is 54.9 Å². The van der Waals surface area contributed by atoms with E-state index in [0.29, 0.717) is 0 Å². The van der Waals surface area contributed by atoms with Gasteiger partial charge >= 0.3 is 0 Å².